The van der Waals surface area contributed by atoms with Gasteiger partial charge in [0.15, 0.2) is 0 Å². The number of nitriles is 2. The first-order chi connectivity index (χ1) is 12.0. The molecule has 0 saturated carbocycles. The van der Waals surface area contributed by atoms with E-state index in [1.54, 1.807) is 36.4 Å². The molecule has 0 amide bonds. The minimum atomic E-state index is -4.00. The third-order valence-electron chi connectivity index (χ3n) is 3.19. The molecule has 0 unspecified atom stereocenters. The van der Waals surface area contributed by atoms with Gasteiger partial charge >= 0.3 is 5.97 Å². The molecule has 0 spiro atoms. The second-order valence-corrected chi connectivity index (χ2v) is 6.64. The van der Waals surface area contributed by atoms with Crippen molar-refractivity contribution in [3.05, 3.63) is 65.2 Å². The highest BCUT2D eigenvalue weighted by molar-refractivity contribution is 7.89. The van der Waals surface area contributed by atoms with Crippen molar-refractivity contribution in [2.24, 2.45) is 0 Å². The molecular weight excluding hydrogens is 342 g/mol. The highest BCUT2D eigenvalue weighted by atomic mass is 32.2. The standard InChI is InChI=1S/C17H13N3O4S/c18-9-13-5-7-14(8-6-13)12-24-17(21)11-20-25(22,23)16-4-2-1-3-15(16)10-19/h1-8,20H,11-12H2. The lowest BCUT2D eigenvalue weighted by Gasteiger charge is -2.08. The maximum atomic E-state index is 12.2. The summed E-state index contributed by atoms with van der Waals surface area (Å²) in [6, 6.07) is 15.9. The van der Waals surface area contributed by atoms with Crippen LogP contribution in [0, 0.1) is 22.7 Å². The van der Waals surface area contributed by atoms with Gasteiger partial charge in [-0.25, -0.2) is 8.42 Å². The quantitative estimate of drug-likeness (QED) is 0.783. The molecule has 0 aliphatic carbocycles. The summed E-state index contributed by atoms with van der Waals surface area (Å²) < 4.78 is 31.4. The summed E-state index contributed by atoms with van der Waals surface area (Å²) in [4.78, 5) is 11.5. The number of ether oxygens (including phenoxy) is 1. The van der Waals surface area contributed by atoms with Gasteiger partial charge in [-0.05, 0) is 29.8 Å². The SMILES string of the molecule is N#Cc1ccc(COC(=O)CNS(=O)(=O)c2ccccc2C#N)cc1. The van der Waals surface area contributed by atoms with Gasteiger partial charge in [-0.2, -0.15) is 15.2 Å². The molecule has 0 bridgehead atoms. The van der Waals surface area contributed by atoms with Gasteiger partial charge in [0.05, 0.1) is 22.1 Å². The van der Waals surface area contributed by atoms with Crippen molar-refractivity contribution in [1.29, 1.82) is 10.5 Å². The molecule has 0 heterocycles. The maximum absolute atomic E-state index is 12.2. The van der Waals surface area contributed by atoms with Crippen LogP contribution in [0.5, 0.6) is 0 Å². The van der Waals surface area contributed by atoms with E-state index in [2.05, 4.69) is 4.72 Å². The van der Waals surface area contributed by atoms with E-state index in [1.807, 2.05) is 6.07 Å². The van der Waals surface area contributed by atoms with E-state index in [0.29, 0.717) is 11.1 Å². The Hall–Kier alpha value is -3.20. The number of esters is 1. The fraction of sp³-hybridized carbons (Fsp3) is 0.118. The van der Waals surface area contributed by atoms with E-state index in [-0.39, 0.29) is 17.1 Å². The predicted molar refractivity (Wildman–Crippen MR) is 87.3 cm³/mol. The van der Waals surface area contributed by atoms with Gasteiger partial charge < -0.3 is 4.74 Å². The van der Waals surface area contributed by atoms with Gasteiger partial charge in [-0.3, -0.25) is 4.79 Å². The molecule has 2 aromatic carbocycles. The molecule has 8 heteroatoms. The minimum absolute atomic E-state index is 0.0130. The molecular formula is C17H13N3O4S. The van der Waals surface area contributed by atoms with Gasteiger partial charge in [-0.1, -0.05) is 24.3 Å². The van der Waals surface area contributed by atoms with E-state index in [9.17, 15) is 13.2 Å². The molecule has 2 aromatic rings. The number of nitrogens with zero attached hydrogens (tertiary/aromatic N) is 2. The number of carbonyl (C=O) groups excluding carboxylic acids is 1. The Morgan fingerprint density at radius 3 is 2.36 bits per heavy atom. The highest BCUT2D eigenvalue weighted by Crippen LogP contribution is 2.13. The van der Waals surface area contributed by atoms with Crippen LogP contribution in [0.2, 0.25) is 0 Å². The van der Waals surface area contributed by atoms with Crippen LogP contribution in [-0.2, 0) is 26.2 Å². The lowest BCUT2D eigenvalue weighted by Crippen LogP contribution is -2.31. The third kappa shape index (κ3) is 4.88. The smallest absolute Gasteiger partial charge is 0.321 e. The van der Waals surface area contributed by atoms with Crippen molar-refractivity contribution in [3.63, 3.8) is 0 Å². The first-order valence-corrected chi connectivity index (χ1v) is 8.58. The Balaban J connectivity index is 1.92. The highest BCUT2D eigenvalue weighted by Gasteiger charge is 2.19. The van der Waals surface area contributed by atoms with Crippen molar-refractivity contribution in [2.75, 3.05) is 6.54 Å². The second kappa shape index (κ2) is 8.06. The first-order valence-electron chi connectivity index (χ1n) is 7.10. The van der Waals surface area contributed by atoms with Crippen LogP contribution in [0.25, 0.3) is 0 Å². The number of carbonyl (C=O) groups is 1. The Bertz CT molecular complexity index is 955. The summed E-state index contributed by atoms with van der Waals surface area (Å²) in [6.07, 6.45) is 0. The second-order valence-electron chi connectivity index (χ2n) is 4.90. The number of rotatable bonds is 6. The summed E-state index contributed by atoms with van der Waals surface area (Å²) in [5.74, 6) is -0.762. The summed E-state index contributed by atoms with van der Waals surface area (Å²) in [5, 5.41) is 17.7. The molecule has 1 N–H and O–H groups in total. The van der Waals surface area contributed by atoms with Crippen molar-refractivity contribution in [3.8, 4) is 12.1 Å². The number of nitrogens with one attached hydrogen (secondary N) is 1. The Morgan fingerprint density at radius 2 is 1.72 bits per heavy atom. The van der Waals surface area contributed by atoms with Crippen LogP contribution in [-0.4, -0.2) is 20.9 Å². The lowest BCUT2D eigenvalue weighted by molar-refractivity contribution is -0.143. The van der Waals surface area contributed by atoms with Gasteiger partial charge in [0.2, 0.25) is 10.0 Å². The van der Waals surface area contributed by atoms with Crippen molar-refractivity contribution >= 4 is 16.0 Å². The topological polar surface area (TPSA) is 120 Å². The maximum Gasteiger partial charge on any atom is 0.321 e. The third-order valence-corrected chi connectivity index (χ3v) is 4.65. The van der Waals surface area contributed by atoms with Crippen LogP contribution >= 0.6 is 0 Å². The molecule has 0 atom stereocenters. The van der Waals surface area contributed by atoms with Gasteiger partial charge in [0.1, 0.15) is 19.2 Å². The van der Waals surface area contributed by atoms with Gasteiger partial charge in [0.25, 0.3) is 0 Å². The molecule has 0 fully saturated rings. The van der Waals surface area contributed by atoms with Crippen molar-refractivity contribution in [2.45, 2.75) is 11.5 Å². The molecule has 126 valence electrons. The molecule has 2 rings (SSSR count). The van der Waals surface area contributed by atoms with Gasteiger partial charge in [0, 0.05) is 0 Å². The zero-order valence-corrected chi connectivity index (χ0v) is 13.8. The fourth-order valence-electron chi connectivity index (χ4n) is 1.92. The summed E-state index contributed by atoms with van der Waals surface area (Å²) in [6.45, 7) is -0.598. The Kier molecular flexibility index (Phi) is 5.85. The van der Waals surface area contributed by atoms with Crippen LogP contribution in [0.4, 0.5) is 0 Å². The normalized spacial score (nSPS) is 10.5. The molecule has 0 aromatic heterocycles. The monoisotopic (exact) mass is 355 g/mol. The van der Waals surface area contributed by atoms with Crippen molar-refractivity contribution in [1.82, 2.24) is 4.72 Å². The molecule has 0 aliphatic heterocycles. The van der Waals surface area contributed by atoms with Crippen molar-refractivity contribution < 1.29 is 17.9 Å². The number of sulfonamides is 1. The molecule has 7 nitrogen and oxygen atoms in total. The van der Waals surface area contributed by atoms with E-state index < -0.39 is 22.5 Å². The number of hydrogen-bond donors (Lipinski definition) is 1. The van der Waals surface area contributed by atoms with E-state index in [4.69, 9.17) is 15.3 Å². The average molecular weight is 355 g/mol. The zero-order valence-electron chi connectivity index (χ0n) is 13.0. The number of benzene rings is 2. The molecule has 0 aliphatic rings. The van der Waals surface area contributed by atoms with E-state index in [1.165, 1.54) is 18.2 Å². The fourth-order valence-corrected chi connectivity index (χ4v) is 3.04. The first kappa shape index (κ1) is 18.1. The van der Waals surface area contributed by atoms with E-state index >= 15 is 0 Å². The minimum Gasteiger partial charge on any atom is -0.460 e. The summed E-state index contributed by atoms with van der Waals surface area (Å²) in [7, 11) is -4.00. The largest absolute Gasteiger partial charge is 0.460 e. The van der Waals surface area contributed by atoms with Crippen LogP contribution in [0.1, 0.15) is 16.7 Å². The van der Waals surface area contributed by atoms with Gasteiger partial charge in [-0.15, -0.1) is 0 Å². The van der Waals surface area contributed by atoms with E-state index in [0.717, 1.165) is 0 Å². The lowest BCUT2D eigenvalue weighted by atomic mass is 10.2. The van der Waals surface area contributed by atoms with Crippen LogP contribution in [0.3, 0.4) is 0 Å². The zero-order chi connectivity index (χ0) is 18.3. The number of hydrogen-bond acceptors (Lipinski definition) is 6. The average Bonchev–Trinajstić information content (AvgIpc) is 2.65. The Labute approximate surface area is 145 Å². The van der Waals surface area contributed by atoms with Crippen LogP contribution in [0.15, 0.2) is 53.4 Å². The molecule has 25 heavy (non-hydrogen) atoms. The molecule has 0 saturated heterocycles. The Morgan fingerprint density at radius 1 is 1.04 bits per heavy atom. The summed E-state index contributed by atoms with van der Waals surface area (Å²) in [5.41, 5.74) is 1.14. The van der Waals surface area contributed by atoms with Crippen LogP contribution < -0.4 is 4.72 Å². The predicted octanol–water partition coefficient (Wildman–Crippen LogP) is 1.45. The summed E-state index contributed by atoms with van der Waals surface area (Å²) >= 11 is 0. The molecule has 0 radical (unpaired) electrons.